The molecule has 0 amide bonds. The van der Waals surface area contributed by atoms with Crippen molar-refractivity contribution in [2.24, 2.45) is 5.16 Å². The van der Waals surface area contributed by atoms with Gasteiger partial charge in [-0.1, -0.05) is 17.3 Å². The van der Waals surface area contributed by atoms with Crippen LogP contribution < -0.4 is 0 Å². The van der Waals surface area contributed by atoms with Gasteiger partial charge in [0, 0.05) is 6.07 Å². The lowest BCUT2D eigenvalue weighted by Gasteiger charge is -1.98. The van der Waals surface area contributed by atoms with Crippen molar-refractivity contribution in [1.29, 1.82) is 0 Å². The molecule has 0 aromatic heterocycles. The van der Waals surface area contributed by atoms with Crippen LogP contribution in [0.5, 0.6) is 0 Å². The van der Waals surface area contributed by atoms with Gasteiger partial charge in [-0.25, -0.2) is 4.79 Å². The van der Waals surface area contributed by atoms with Crippen LogP contribution in [0.3, 0.4) is 0 Å². The molecule has 1 aromatic carbocycles. The number of nitro groups is 1. The van der Waals surface area contributed by atoms with Gasteiger partial charge in [0.25, 0.3) is 5.69 Å². The third-order valence-electron chi connectivity index (χ3n) is 2.33. The maximum absolute atomic E-state index is 11.4. The summed E-state index contributed by atoms with van der Waals surface area (Å²) >= 11 is 5.60. The number of rotatable bonds is 3. The zero-order valence-electron chi connectivity index (χ0n) is 9.00. The molecule has 92 valence electrons. The minimum absolute atomic E-state index is 0.00178. The fourth-order valence-electron chi connectivity index (χ4n) is 1.48. The molecule has 0 saturated carbocycles. The molecule has 18 heavy (non-hydrogen) atoms. The van der Waals surface area contributed by atoms with Gasteiger partial charge in [0.2, 0.25) is 0 Å². The Morgan fingerprint density at radius 2 is 2.17 bits per heavy atom. The summed E-state index contributed by atoms with van der Waals surface area (Å²) in [4.78, 5) is 26.2. The maximum Gasteiger partial charge on any atom is 0.367 e. The van der Waals surface area contributed by atoms with E-state index >= 15 is 0 Å². The minimum Gasteiger partial charge on any atom is -0.312 e. The molecule has 1 aromatic rings. The Balaban J connectivity index is 2.48. The topological polar surface area (TPSA) is 81.8 Å². The molecule has 2 rings (SSSR count). The summed E-state index contributed by atoms with van der Waals surface area (Å²) in [6.45, 7) is 0. The molecule has 0 bridgehead atoms. The van der Waals surface area contributed by atoms with E-state index in [1.165, 1.54) is 18.2 Å². The van der Waals surface area contributed by atoms with Crippen LogP contribution >= 0.6 is 11.6 Å². The van der Waals surface area contributed by atoms with Crippen LogP contribution in [0.25, 0.3) is 6.08 Å². The first-order valence-corrected chi connectivity index (χ1v) is 5.46. The fourth-order valence-corrected chi connectivity index (χ4v) is 1.68. The number of para-hydroxylation sites is 1. The van der Waals surface area contributed by atoms with Crippen LogP contribution in [0, 0.1) is 10.1 Å². The summed E-state index contributed by atoms with van der Waals surface area (Å²) in [7, 11) is 0. The van der Waals surface area contributed by atoms with E-state index in [9.17, 15) is 14.9 Å². The van der Waals surface area contributed by atoms with E-state index in [0.29, 0.717) is 5.56 Å². The van der Waals surface area contributed by atoms with Gasteiger partial charge in [-0.3, -0.25) is 10.1 Å². The number of alkyl halides is 1. The van der Waals surface area contributed by atoms with Crippen LogP contribution in [-0.4, -0.2) is 22.5 Å². The monoisotopic (exact) mass is 266 g/mol. The van der Waals surface area contributed by atoms with E-state index in [1.54, 1.807) is 12.1 Å². The number of hydrogen-bond donors (Lipinski definition) is 0. The molecule has 0 atom stereocenters. The number of nitrogens with zero attached hydrogens (tertiary/aromatic N) is 2. The summed E-state index contributed by atoms with van der Waals surface area (Å²) in [5.74, 6) is -0.665. The Hall–Kier alpha value is -2.21. The zero-order valence-corrected chi connectivity index (χ0v) is 9.76. The van der Waals surface area contributed by atoms with Crippen molar-refractivity contribution in [2.75, 3.05) is 5.88 Å². The molecule has 0 N–H and O–H groups in total. The van der Waals surface area contributed by atoms with Gasteiger partial charge in [-0.2, -0.15) is 0 Å². The lowest BCUT2D eigenvalue weighted by atomic mass is 10.1. The first kappa shape index (κ1) is 12.3. The minimum atomic E-state index is -0.663. The number of carbonyl (C=O) groups is 1. The first-order valence-electron chi connectivity index (χ1n) is 4.93. The zero-order chi connectivity index (χ0) is 13.1. The number of nitro benzene ring substituents is 1. The van der Waals surface area contributed by atoms with Crippen LogP contribution in [0.1, 0.15) is 5.56 Å². The van der Waals surface area contributed by atoms with Crippen LogP contribution in [-0.2, 0) is 9.63 Å². The van der Waals surface area contributed by atoms with Crippen LogP contribution in [0.15, 0.2) is 35.0 Å². The van der Waals surface area contributed by atoms with E-state index < -0.39 is 10.9 Å². The molecule has 6 nitrogen and oxygen atoms in total. The highest BCUT2D eigenvalue weighted by Crippen LogP contribution is 2.23. The number of hydrogen-bond acceptors (Lipinski definition) is 5. The standard InChI is InChI=1S/C11H7ClN2O4/c12-6-9-8(11(15)18-13-9)5-7-3-1-2-4-10(7)14(16)17/h1-5H,6H2/b8-5-. The van der Waals surface area contributed by atoms with Gasteiger partial charge in [0.15, 0.2) is 0 Å². The maximum atomic E-state index is 11.4. The first-order chi connectivity index (χ1) is 8.63. The molecule has 0 saturated heterocycles. The number of halogens is 1. The Labute approximate surface area is 107 Å². The molecule has 1 aliphatic heterocycles. The van der Waals surface area contributed by atoms with Crippen LogP contribution in [0.2, 0.25) is 0 Å². The quantitative estimate of drug-likeness (QED) is 0.276. The number of carbonyl (C=O) groups excluding carboxylic acids is 1. The normalized spacial score (nSPS) is 16.6. The van der Waals surface area contributed by atoms with Gasteiger partial charge in [0.1, 0.15) is 5.71 Å². The summed E-state index contributed by atoms with van der Waals surface area (Å²) in [5.41, 5.74) is 0.604. The second-order valence-corrected chi connectivity index (χ2v) is 3.69. The van der Waals surface area contributed by atoms with E-state index in [0.717, 1.165) is 0 Å². The van der Waals surface area contributed by atoms with Crippen molar-refractivity contribution in [1.82, 2.24) is 0 Å². The highest BCUT2D eigenvalue weighted by molar-refractivity contribution is 6.38. The van der Waals surface area contributed by atoms with Crippen LogP contribution in [0.4, 0.5) is 5.69 Å². The Kier molecular flexibility index (Phi) is 3.38. The van der Waals surface area contributed by atoms with E-state index in [1.807, 2.05) is 0 Å². The fraction of sp³-hybridized carbons (Fsp3) is 0.0909. The molecule has 1 aliphatic rings. The molecular formula is C11H7ClN2O4. The number of benzene rings is 1. The van der Waals surface area contributed by atoms with Gasteiger partial charge in [-0.15, -0.1) is 11.6 Å². The second-order valence-electron chi connectivity index (χ2n) is 3.42. The van der Waals surface area contributed by atoms with E-state index in [2.05, 4.69) is 9.99 Å². The highest BCUT2D eigenvalue weighted by Gasteiger charge is 2.25. The second kappa shape index (κ2) is 4.97. The lowest BCUT2D eigenvalue weighted by Crippen LogP contribution is -2.06. The van der Waals surface area contributed by atoms with Crippen molar-refractivity contribution in [2.45, 2.75) is 0 Å². The molecule has 1 heterocycles. The summed E-state index contributed by atoms with van der Waals surface area (Å²) in [5, 5.41) is 14.3. The van der Waals surface area contributed by atoms with E-state index in [4.69, 9.17) is 11.6 Å². The highest BCUT2D eigenvalue weighted by atomic mass is 35.5. The molecule has 0 spiro atoms. The molecule has 0 unspecified atom stereocenters. The number of oxime groups is 1. The van der Waals surface area contributed by atoms with Crippen molar-refractivity contribution >= 4 is 35.0 Å². The van der Waals surface area contributed by atoms with Crippen molar-refractivity contribution < 1.29 is 14.6 Å². The third-order valence-corrected chi connectivity index (χ3v) is 2.58. The average Bonchev–Trinajstić information content (AvgIpc) is 2.71. The lowest BCUT2D eigenvalue weighted by molar-refractivity contribution is -0.385. The van der Waals surface area contributed by atoms with Gasteiger partial charge in [-0.05, 0) is 12.1 Å². The van der Waals surface area contributed by atoms with Crippen molar-refractivity contribution in [3.63, 3.8) is 0 Å². The summed E-state index contributed by atoms with van der Waals surface area (Å²) in [6, 6.07) is 6.06. The molecule has 0 aliphatic carbocycles. The van der Waals surface area contributed by atoms with Gasteiger partial charge < -0.3 is 4.84 Å². The molecular weight excluding hydrogens is 260 g/mol. The largest absolute Gasteiger partial charge is 0.367 e. The smallest absolute Gasteiger partial charge is 0.312 e. The Morgan fingerprint density at radius 1 is 1.44 bits per heavy atom. The predicted octanol–water partition coefficient (Wildman–Crippen LogP) is 2.13. The van der Waals surface area contributed by atoms with Crippen molar-refractivity contribution in [3.05, 3.63) is 45.5 Å². The summed E-state index contributed by atoms with van der Waals surface area (Å²) in [6.07, 6.45) is 1.36. The Morgan fingerprint density at radius 3 is 2.83 bits per heavy atom. The predicted molar refractivity (Wildman–Crippen MR) is 65.3 cm³/mol. The summed E-state index contributed by atoms with van der Waals surface area (Å²) < 4.78 is 0. The molecule has 7 heteroatoms. The van der Waals surface area contributed by atoms with Gasteiger partial charge >= 0.3 is 5.97 Å². The Bertz CT molecular complexity index is 580. The van der Waals surface area contributed by atoms with Crippen molar-refractivity contribution in [3.8, 4) is 0 Å². The average molecular weight is 267 g/mol. The SMILES string of the molecule is O=C1ON=C(CCl)/C1=C/c1ccccc1[N+](=O)[O-]. The third kappa shape index (κ3) is 2.23. The van der Waals surface area contributed by atoms with E-state index in [-0.39, 0.29) is 22.9 Å². The van der Waals surface area contributed by atoms with Gasteiger partial charge in [0.05, 0.1) is 21.9 Å². The molecule has 0 radical (unpaired) electrons. The molecule has 0 fully saturated rings.